The maximum atomic E-state index is 2.49. The Hall–Kier alpha value is -0.0800. The highest BCUT2D eigenvalue weighted by molar-refractivity contribution is 4.51. The zero-order valence-corrected chi connectivity index (χ0v) is 9.97. The third kappa shape index (κ3) is 1.70. The van der Waals surface area contributed by atoms with Gasteiger partial charge in [0.15, 0.2) is 0 Å². The van der Waals surface area contributed by atoms with Gasteiger partial charge in [0.1, 0.15) is 40.3 Å². The molecular weight excluding hydrogens is 172 g/mol. The van der Waals surface area contributed by atoms with Crippen LogP contribution in [-0.2, 0) is 0 Å². The van der Waals surface area contributed by atoms with Gasteiger partial charge >= 0.3 is 0 Å². The van der Waals surface area contributed by atoms with E-state index < -0.39 is 0 Å². The summed E-state index contributed by atoms with van der Waals surface area (Å²) in [7, 11) is 4.98. The Morgan fingerprint density at radius 2 is 0.786 bits per heavy atom. The van der Waals surface area contributed by atoms with E-state index >= 15 is 0 Å². The molecule has 0 atom stereocenters. The molecule has 0 aromatic carbocycles. The monoisotopic (exact) mass is 198 g/mol. The van der Waals surface area contributed by atoms with E-state index in [0.717, 1.165) is 0 Å². The Morgan fingerprint density at radius 3 is 1.07 bits per heavy atom. The van der Waals surface area contributed by atoms with Crippen LogP contribution in [0.3, 0.4) is 0 Å². The molecule has 2 aliphatic heterocycles. The minimum absolute atomic E-state index is 1.32. The van der Waals surface area contributed by atoms with Crippen LogP contribution < -0.4 is 0 Å². The van der Waals surface area contributed by atoms with Gasteiger partial charge in [-0.3, -0.25) is 0 Å². The Bertz CT molecular complexity index is 166. The van der Waals surface area contributed by atoms with Crippen molar-refractivity contribution in [2.24, 2.45) is 0 Å². The molecule has 0 aromatic heterocycles. The smallest absolute Gasteiger partial charge is 0.122 e. The lowest BCUT2D eigenvalue weighted by Gasteiger charge is -2.52. The van der Waals surface area contributed by atoms with E-state index in [-0.39, 0.29) is 0 Å². The first kappa shape index (κ1) is 10.4. The fourth-order valence-electron chi connectivity index (χ4n) is 3.35. The Labute approximate surface area is 88.7 Å². The van der Waals surface area contributed by atoms with Crippen LogP contribution >= 0.6 is 0 Å². The van der Waals surface area contributed by atoms with Gasteiger partial charge in [-0.05, 0) is 12.8 Å². The molecule has 0 radical (unpaired) electrons. The number of piperidine rings is 2. The summed E-state index contributed by atoms with van der Waals surface area (Å²) in [6.45, 7) is 5.65. The van der Waals surface area contributed by atoms with Crippen molar-refractivity contribution in [3.63, 3.8) is 0 Å². The summed E-state index contributed by atoms with van der Waals surface area (Å²) in [6, 6.07) is 0. The molecule has 0 aromatic rings. The van der Waals surface area contributed by atoms with Crippen LogP contribution in [0.2, 0.25) is 0 Å². The summed E-state index contributed by atoms with van der Waals surface area (Å²) in [5, 5.41) is 0. The van der Waals surface area contributed by atoms with Crippen LogP contribution in [-0.4, -0.2) is 49.5 Å². The van der Waals surface area contributed by atoms with Crippen molar-refractivity contribution in [3.8, 4) is 0 Å². The van der Waals surface area contributed by atoms with Gasteiger partial charge in [-0.1, -0.05) is 0 Å². The predicted molar refractivity (Wildman–Crippen MR) is 59.5 cm³/mol. The average molecular weight is 198 g/mol. The van der Waals surface area contributed by atoms with Crippen molar-refractivity contribution in [1.82, 2.24) is 0 Å². The summed E-state index contributed by atoms with van der Waals surface area (Å²) in [5.41, 5.74) is 0. The average Bonchev–Trinajstić information content (AvgIpc) is 2.20. The molecule has 2 heteroatoms. The molecule has 0 N–H and O–H groups in total. The SMILES string of the molecule is C[N+]1([N+]2(C)CCCCC2)CCCCC1. The summed E-state index contributed by atoms with van der Waals surface area (Å²) < 4.78 is 2.64. The molecule has 0 spiro atoms. The molecule has 0 aliphatic carbocycles. The van der Waals surface area contributed by atoms with Gasteiger partial charge in [0, 0.05) is 25.7 Å². The van der Waals surface area contributed by atoms with E-state index in [1.165, 1.54) is 73.9 Å². The van der Waals surface area contributed by atoms with Gasteiger partial charge in [-0.15, -0.1) is 0 Å². The van der Waals surface area contributed by atoms with E-state index in [1.807, 2.05) is 0 Å². The second-order valence-electron chi connectivity index (χ2n) is 5.69. The molecule has 2 rings (SSSR count). The standard InChI is InChI=1S/C12H26N2/c1-13(9-5-3-6-10-13)14(2)11-7-4-8-12-14/h3-12H2,1-2H3/q+2. The topological polar surface area (TPSA) is 0 Å². The lowest BCUT2D eigenvalue weighted by atomic mass is 10.1. The number of likely N-dealkylation sites (tertiary alicyclic amines) is 2. The minimum Gasteiger partial charge on any atom is -0.173 e. The van der Waals surface area contributed by atoms with Gasteiger partial charge < -0.3 is 0 Å². The molecule has 2 saturated heterocycles. The summed E-state index contributed by atoms with van der Waals surface area (Å²) in [6.07, 6.45) is 8.73. The molecule has 2 nitrogen and oxygen atoms in total. The van der Waals surface area contributed by atoms with Crippen molar-refractivity contribution >= 4 is 0 Å². The van der Waals surface area contributed by atoms with E-state index in [0.29, 0.717) is 0 Å². The van der Waals surface area contributed by atoms with Crippen LogP contribution in [0, 0.1) is 0 Å². The second-order valence-corrected chi connectivity index (χ2v) is 5.69. The van der Waals surface area contributed by atoms with Crippen LogP contribution in [0.25, 0.3) is 0 Å². The molecule has 0 unspecified atom stereocenters. The summed E-state index contributed by atoms with van der Waals surface area (Å²) >= 11 is 0. The van der Waals surface area contributed by atoms with Gasteiger partial charge in [0.25, 0.3) is 0 Å². The van der Waals surface area contributed by atoms with Gasteiger partial charge in [0.2, 0.25) is 0 Å². The fraction of sp³-hybridized carbons (Fsp3) is 1.00. The quantitative estimate of drug-likeness (QED) is 0.566. The van der Waals surface area contributed by atoms with Crippen LogP contribution in [0.15, 0.2) is 0 Å². The van der Waals surface area contributed by atoms with E-state index in [1.54, 1.807) is 0 Å². The number of rotatable bonds is 1. The van der Waals surface area contributed by atoms with E-state index in [2.05, 4.69) is 14.1 Å². The minimum atomic E-state index is 1.32. The molecule has 14 heavy (non-hydrogen) atoms. The lowest BCUT2D eigenvalue weighted by Crippen LogP contribution is -2.71. The normalized spacial score (nSPS) is 31.3. The number of hydrogen-bond donors (Lipinski definition) is 0. The van der Waals surface area contributed by atoms with Crippen molar-refractivity contribution < 1.29 is 9.18 Å². The zero-order valence-electron chi connectivity index (χ0n) is 9.97. The van der Waals surface area contributed by atoms with Crippen molar-refractivity contribution in [2.75, 3.05) is 40.3 Å². The van der Waals surface area contributed by atoms with Crippen molar-refractivity contribution in [1.29, 1.82) is 0 Å². The highest BCUT2D eigenvalue weighted by Crippen LogP contribution is 2.29. The molecule has 2 fully saturated rings. The maximum Gasteiger partial charge on any atom is 0.122 e. The van der Waals surface area contributed by atoms with E-state index in [9.17, 15) is 0 Å². The largest absolute Gasteiger partial charge is 0.173 e. The highest BCUT2D eigenvalue weighted by Gasteiger charge is 2.44. The van der Waals surface area contributed by atoms with Crippen LogP contribution in [0.4, 0.5) is 0 Å². The molecule has 0 amide bonds. The van der Waals surface area contributed by atoms with E-state index in [4.69, 9.17) is 0 Å². The number of nitrogens with zero attached hydrogens (tertiary/aromatic N) is 2. The third-order valence-corrected chi connectivity index (χ3v) is 4.73. The molecular formula is C12H26N2+2. The first-order chi connectivity index (χ1) is 6.66. The number of hydrogen-bond acceptors (Lipinski definition) is 0. The Morgan fingerprint density at radius 1 is 0.500 bits per heavy atom. The fourth-order valence-corrected chi connectivity index (χ4v) is 3.35. The molecule has 82 valence electrons. The number of quaternary nitrogens is 2. The van der Waals surface area contributed by atoms with Crippen molar-refractivity contribution in [3.05, 3.63) is 0 Å². The highest BCUT2D eigenvalue weighted by atomic mass is 15.8. The first-order valence-corrected chi connectivity index (χ1v) is 6.36. The maximum absolute atomic E-state index is 2.49. The van der Waals surface area contributed by atoms with Gasteiger partial charge in [0.05, 0.1) is 0 Å². The zero-order chi connectivity index (χ0) is 10.1. The van der Waals surface area contributed by atoms with Gasteiger partial charge in [-0.25, -0.2) is 0 Å². The van der Waals surface area contributed by atoms with Crippen molar-refractivity contribution in [2.45, 2.75) is 38.5 Å². The summed E-state index contributed by atoms with van der Waals surface area (Å²) in [4.78, 5) is 0. The lowest BCUT2D eigenvalue weighted by molar-refractivity contribution is -1.48. The first-order valence-electron chi connectivity index (χ1n) is 6.36. The van der Waals surface area contributed by atoms with Gasteiger partial charge in [-0.2, -0.15) is 9.18 Å². The predicted octanol–water partition coefficient (Wildman–Crippen LogP) is 2.16. The summed E-state index contributed by atoms with van der Waals surface area (Å²) in [5.74, 6) is 0. The molecule has 2 aliphatic rings. The van der Waals surface area contributed by atoms with Crippen LogP contribution in [0.1, 0.15) is 38.5 Å². The van der Waals surface area contributed by atoms with Crippen LogP contribution in [0.5, 0.6) is 0 Å². The Balaban J connectivity index is 2.09. The third-order valence-electron chi connectivity index (χ3n) is 4.73. The molecule has 0 bridgehead atoms. The molecule has 2 heterocycles. The Kier molecular flexibility index (Phi) is 2.85. The second kappa shape index (κ2) is 3.82. The molecule has 0 saturated carbocycles.